The summed E-state index contributed by atoms with van der Waals surface area (Å²) in [5.74, 6) is -1.57. The van der Waals surface area contributed by atoms with Crippen molar-refractivity contribution in [1.29, 1.82) is 5.26 Å². The van der Waals surface area contributed by atoms with Crippen molar-refractivity contribution in [2.45, 2.75) is 13.3 Å². The molecule has 0 saturated heterocycles. The Balaban J connectivity index is 1.86. The first-order valence-electron chi connectivity index (χ1n) is 7.89. The number of esters is 1. The zero-order valence-electron chi connectivity index (χ0n) is 14.4. The van der Waals surface area contributed by atoms with Gasteiger partial charge in [-0.25, -0.2) is 4.79 Å². The van der Waals surface area contributed by atoms with Crippen LogP contribution in [0.15, 0.2) is 46.9 Å². The van der Waals surface area contributed by atoms with Gasteiger partial charge in [-0.1, -0.05) is 6.07 Å². The Bertz CT molecular complexity index is 904. The van der Waals surface area contributed by atoms with Gasteiger partial charge >= 0.3 is 5.97 Å². The van der Waals surface area contributed by atoms with Crippen molar-refractivity contribution < 1.29 is 19.1 Å². The molecule has 0 atom stereocenters. The highest BCUT2D eigenvalue weighted by atomic mass is 79.9. The van der Waals surface area contributed by atoms with Gasteiger partial charge in [0.05, 0.1) is 17.3 Å². The summed E-state index contributed by atoms with van der Waals surface area (Å²) >= 11 is 3.36. The lowest BCUT2D eigenvalue weighted by molar-refractivity contribution is -0.119. The number of halogens is 1. The largest absolute Gasteiger partial charge is 0.452 e. The number of nitrogens with zero attached hydrogens (tertiary/aromatic N) is 1. The van der Waals surface area contributed by atoms with Gasteiger partial charge in [0.1, 0.15) is 6.42 Å². The normalized spacial score (nSPS) is 9.81. The lowest BCUT2D eigenvalue weighted by Crippen LogP contribution is -2.21. The highest BCUT2D eigenvalue weighted by molar-refractivity contribution is 9.10. The van der Waals surface area contributed by atoms with E-state index < -0.39 is 24.4 Å². The Morgan fingerprint density at radius 2 is 1.78 bits per heavy atom. The number of carbonyl (C=O) groups is 3. The predicted molar refractivity (Wildman–Crippen MR) is 103 cm³/mol. The molecule has 0 aliphatic carbocycles. The second kappa shape index (κ2) is 9.50. The first-order chi connectivity index (χ1) is 12.9. The van der Waals surface area contributed by atoms with Crippen LogP contribution < -0.4 is 10.6 Å². The third kappa shape index (κ3) is 6.24. The summed E-state index contributed by atoms with van der Waals surface area (Å²) in [4.78, 5) is 35.3. The lowest BCUT2D eigenvalue weighted by atomic mass is 10.2. The maximum absolute atomic E-state index is 12.0. The zero-order chi connectivity index (χ0) is 19.8. The Hall–Kier alpha value is -3.18. The molecule has 0 aromatic heterocycles. The van der Waals surface area contributed by atoms with Crippen LogP contribution in [-0.4, -0.2) is 24.4 Å². The summed E-state index contributed by atoms with van der Waals surface area (Å²) < 4.78 is 5.72. The molecule has 2 amide bonds. The average Bonchev–Trinajstić information content (AvgIpc) is 2.63. The summed E-state index contributed by atoms with van der Waals surface area (Å²) in [7, 11) is 0. The van der Waals surface area contributed by atoms with E-state index in [0.717, 1.165) is 10.0 Å². The molecule has 2 aromatic carbocycles. The number of anilines is 2. The molecule has 0 bridgehead atoms. The van der Waals surface area contributed by atoms with Gasteiger partial charge in [-0.15, -0.1) is 0 Å². The highest BCUT2D eigenvalue weighted by Gasteiger charge is 2.12. The molecule has 0 aliphatic rings. The maximum Gasteiger partial charge on any atom is 0.338 e. The minimum absolute atomic E-state index is 0.234. The monoisotopic (exact) mass is 429 g/mol. The fourth-order valence-electron chi connectivity index (χ4n) is 2.09. The van der Waals surface area contributed by atoms with Crippen molar-refractivity contribution in [3.05, 3.63) is 58.1 Å². The molecule has 2 N–H and O–H groups in total. The van der Waals surface area contributed by atoms with Crippen LogP contribution in [0.5, 0.6) is 0 Å². The predicted octanol–water partition coefficient (Wildman–Crippen LogP) is 3.41. The Kier molecular flexibility index (Phi) is 7.08. The Labute approximate surface area is 164 Å². The first kappa shape index (κ1) is 20.1. The van der Waals surface area contributed by atoms with E-state index in [9.17, 15) is 14.4 Å². The summed E-state index contributed by atoms with van der Waals surface area (Å²) in [6.45, 7) is 1.50. The van der Waals surface area contributed by atoms with Gasteiger partial charge in [0, 0.05) is 10.2 Å². The summed E-state index contributed by atoms with van der Waals surface area (Å²) in [5.41, 5.74) is 2.31. The van der Waals surface area contributed by atoms with Crippen molar-refractivity contribution in [3.63, 3.8) is 0 Å². The maximum atomic E-state index is 12.0. The molecule has 0 aliphatic heterocycles. The van der Waals surface area contributed by atoms with E-state index in [0.29, 0.717) is 11.4 Å². The number of carbonyl (C=O) groups excluding carboxylic acids is 3. The number of hydrogen-bond donors (Lipinski definition) is 2. The average molecular weight is 430 g/mol. The molecule has 0 fully saturated rings. The van der Waals surface area contributed by atoms with Crippen LogP contribution >= 0.6 is 15.9 Å². The Morgan fingerprint density at radius 3 is 2.41 bits per heavy atom. The second-order valence-electron chi connectivity index (χ2n) is 5.57. The van der Waals surface area contributed by atoms with E-state index in [2.05, 4.69) is 26.6 Å². The standard InChI is InChI=1S/C19H16BrN3O4/c1-12-2-7-16(15(20)10-12)23-18(25)11-27-19(26)13-3-5-14(6-4-13)22-17(24)8-9-21/h2-7,10H,8,11H2,1H3,(H,22,24)(H,23,25). The molecular formula is C19H16BrN3O4. The molecule has 8 heteroatoms. The third-order valence-corrected chi connectivity index (χ3v) is 4.03. The number of nitriles is 1. The van der Waals surface area contributed by atoms with Crippen LogP contribution in [-0.2, 0) is 14.3 Å². The molecule has 138 valence electrons. The number of ether oxygens (including phenoxy) is 1. The Morgan fingerprint density at radius 1 is 1.07 bits per heavy atom. The fraction of sp³-hybridized carbons (Fsp3) is 0.158. The van der Waals surface area contributed by atoms with Crippen LogP contribution in [0, 0.1) is 18.3 Å². The van der Waals surface area contributed by atoms with E-state index in [1.54, 1.807) is 12.1 Å². The number of benzene rings is 2. The zero-order valence-corrected chi connectivity index (χ0v) is 16.0. The summed E-state index contributed by atoms with van der Waals surface area (Å²) in [6.07, 6.45) is -0.254. The first-order valence-corrected chi connectivity index (χ1v) is 8.68. The minimum Gasteiger partial charge on any atom is -0.452 e. The lowest BCUT2D eigenvalue weighted by Gasteiger charge is -2.09. The molecule has 2 aromatic rings. The van der Waals surface area contributed by atoms with Gasteiger partial charge < -0.3 is 15.4 Å². The number of rotatable bonds is 6. The number of hydrogen-bond acceptors (Lipinski definition) is 5. The molecule has 27 heavy (non-hydrogen) atoms. The van der Waals surface area contributed by atoms with Gasteiger partial charge in [0.25, 0.3) is 5.91 Å². The number of amides is 2. The van der Waals surface area contributed by atoms with E-state index in [1.165, 1.54) is 24.3 Å². The number of nitrogens with one attached hydrogen (secondary N) is 2. The molecule has 0 unspecified atom stereocenters. The topological polar surface area (TPSA) is 108 Å². The van der Waals surface area contributed by atoms with E-state index in [1.807, 2.05) is 19.1 Å². The van der Waals surface area contributed by atoms with Crippen LogP contribution in [0.2, 0.25) is 0 Å². The van der Waals surface area contributed by atoms with E-state index >= 15 is 0 Å². The summed E-state index contributed by atoms with van der Waals surface area (Å²) in [6, 6.07) is 13.1. The molecule has 0 heterocycles. The van der Waals surface area contributed by atoms with Crippen molar-refractivity contribution in [2.75, 3.05) is 17.2 Å². The summed E-state index contributed by atoms with van der Waals surface area (Å²) in [5, 5.41) is 13.6. The van der Waals surface area contributed by atoms with Crippen LogP contribution in [0.4, 0.5) is 11.4 Å². The van der Waals surface area contributed by atoms with Crippen LogP contribution in [0.25, 0.3) is 0 Å². The molecule has 0 radical (unpaired) electrons. The SMILES string of the molecule is Cc1ccc(NC(=O)COC(=O)c2ccc(NC(=O)CC#N)cc2)c(Br)c1. The van der Waals surface area contributed by atoms with Gasteiger partial charge in [0.2, 0.25) is 5.91 Å². The molecule has 0 spiro atoms. The van der Waals surface area contributed by atoms with Crippen LogP contribution in [0.3, 0.4) is 0 Å². The van der Waals surface area contributed by atoms with E-state index in [4.69, 9.17) is 10.00 Å². The van der Waals surface area contributed by atoms with Gasteiger partial charge in [-0.05, 0) is 64.8 Å². The van der Waals surface area contributed by atoms with Crippen molar-refractivity contribution >= 4 is 45.1 Å². The van der Waals surface area contributed by atoms with E-state index in [-0.39, 0.29) is 12.0 Å². The molecule has 7 nitrogen and oxygen atoms in total. The minimum atomic E-state index is -0.664. The molecular weight excluding hydrogens is 414 g/mol. The van der Waals surface area contributed by atoms with Crippen molar-refractivity contribution in [3.8, 4) is 6.07 Å². The van der Waals surface area contributed by atoms with Gasteiger partial charge in [-0.3, -0.25) is 9.59 Å². The third-order valence-electron chi connectivity index (χ3n) is 3.38. The molecule has 0 saturated carbocycles. The quantitative estimate of drug-likeness (QED) is 0.683. The molecule has 2 rings (SSSR count). The fourth-order valence-corrected chi connectivity index (χ4v) is 2.68. The van der Waals surface area contributed by atoms with Crippen LogP contribution in [0.1, 0.15) is 22.3 Å². The second-order valence-corrected chi connectivity index (χ2v) is 6.42. The van der Waals surface area contributed by atoms with Crippen molar-refractivity contribution in [1.82, 2.24) is 0 Å². The van der Waals surface area contributed by atoms with Gasteiger partial charge in [-0.2, -0.15) is 5.26 Å². The smallest absolute Gasteiger partial charge is 0.338 e. The van der Waals surface area contributed by atoms with Gasteiger partial charge in [0.15, 0.2) is 6.61 Å². The highest BCUT2D eigenvalue weighted by Crippen LogP contribution is 2.23. The number of aryl methyl sites for hydroxylation is 1. The van der Waals surface area contributed by atoms with Crippen molar-refractivity contribution in [2.24, 2.45) is 0 Å².